The average molecular weight is 364 g/mol. The molecule has 0 radical (unpaired) electrons. The number of rotatable bonds is 4. The second-order valence-corrected chi connectivity index (χ2v) is 6.23. The maximum Gasteiger partial charge on any atom is 0.325 e. The highest BCUT2D eigenvalue weighted by atomic mass is 19.1. The van der Waals surface area contributed by atoms with E-state index in [2.05, 4.69) is 10.3 Å². The van der Waals surface area contributed by atoms with Gasteiger partial charge in [-0.25, -0.2) is 9.18 Å². The number of hydrogen-bond donors (Lipinski definition) is 1. The third-order valence-electron chi connectivity index (χ3n) is 4.49. The quantitative estimate of drug-likeness (QED) is 0.773. The molecule has 136 valence electrons. The topological polar surface area (TPSA) is 65.5 Å². The fraction of sp³-hybridized carbons (Fsp3) is 0.150. The van der Waals surface area contributed by atoms with E-state index in [1.807, 2.05) is 18.2 Å². The molecule has 1 fully saturated rings. The Morgan fingerprint density at radius 2 is 1.93 bits per heavy atom. The SMILES string of the molecule is O=C(CN1CCN(c2ccccc2F)C1=O)Nc1cccc2ncccc12. The molecule has 27 heavy (non-hydrogen) atoms. The molecule has 0 atom stereocenters. The molecule has 3 amide bonds. The van der Waals surface area contributed by atoms with E-state index < -0.39 is 5.82 Å². The van der Waals surface area contributed by atoms with Crippen LogP contribution >= 0.6 is 0 Å². The summed E-state index contributed by atoms with van der Waals surface area (Å²) < 4.78 is 13.9. The minimum atomic E-state index is -0.458. The van der Waals surface area contributed by atoms with Crippen molar-refractivity contribution in [2.24, 2.45) is 0 Å². The molecule has 0 spiro atoms. The van der Waals surface area contributed by atoms with E-state index in [9.17, 15) is 14.0 Å². The molecule has 0 saturated carbocycles. The molecule has 1 saturated heterocycles. The molecule has 0 unspecified atom stereocenters. The van der Waals surface area contributed by atoms with Crippen molar-refractivity contribution in [3.63, 3.8) is 0 Å². The number of para-hydroxylation sites is 1. The number of hydrogen-bond acceptors (Lipinski definition) is 3. The van der Waals surface area contributed by atoms with E-state index in [-0.39, 0.29) is 24.2 Å². The van der Waals surface area contributed by atoms with Crippen molar-refractivity contribution in [1.29, 1.82) is 0 Å². The lowest BCUT2D eigenvalue weighted by Gasteiger charge is -2.19. The van der Waals surface area contributed by atoms with Gasteiger partial charge in [0.05, 0.1) is 16.9 Å². The molecular formula is C20H17FN4O2. The Morgan fingerprint density at radius 1 is 1.07 bits per heavy atom. The van der Waals surface area contributed by atoms with Gasteiger partial charge in [0.2, 0.25) is 5.91 Å². The van der Waals surface area contributed by atoms with Crippen LogP contribution in [0.4, 0.5) is 20.6 Å². The molecule has 1 aliphatic heterocycles. The van der Waals surface area contributed by atoms with E-state index in [4.69, 9.17) is 0 Å². The summed E-state index contributed by atoms with van der Waals surface area (Å²) in [4.78, 5) is 32.0. The summed E-state index contributed by atoms with van der Waals surface area (Å²) in [5, 5.41) is 3.66. The standard InChI is InChI=1S/C20H17FN4O2/c21-15-6-1-2-9-18(15)25-12-11-24(20(25)27)13-19(26)23-17-8-3-7-16-14(17)5-4-10-22-16/h1-10H,11-13H2,(H,23,26). The van der Waals surface area contributed by atoms with Gasteiger partial charge in [-0.3, -0.25) is 14.7 Å². The van der Waals surface area contributed by atoms with E-state index in [1.165, 1.54) is 15.9 Å². The molecule has 3 aromatic rings. The molecule has 7 heteroatoms. The van der Waals surface area contributed by atoms with E-state index in [1.54, 1.807) is 36.5 Å². The van der Waals surface area contributed by atoms with E-state index in [0.29, 0.717) is 18.8 Å². The number of carbonyl (C=O) groups excluding carboxylic acids is 2. The Labute approximate surface area is 155 Å². The maximum absolute atomic E-state index is 13.9. The van der Waals surface area contributed by atoms with Gasteiger partial charge in [0, 0.05) is 24.7 Å². The Hall–Kier alpha value is -3.48. The predicted octanol–water partition coefficient (Wildman–Crippen LogP) is 3.25. The highest BCUT2D eigenvalue weighted by Gasteiger charge is 2.32. The molecule has 1 N–H and O–H groups in total. The molecular weight excluding hydrogens is 347 g/mol. The van der Waals surface area contributed by atoms with Gasteiger partial charge in [0.15, 0.2) is 0 Å². The first kappa shape index (κ1) is 17.0. The predicted molar refractivity (Wildman–Crippen MR) is 101 cm³/mol. The number of pyridine rings is 1. The lowest BCUT2D eigenvalue weighted by atomic mass is 10.2. The van der Waals surface area contributed by atoms with Crippen molar-refractivity contribution in [3.8, 4) is 0 Å². The minimum absolute atomic E-state index is 0.0968. The van der Waals surface area contributed by atoms with Crippen LogP contribution in [0.25, 0.3) is 10.9 Å². The zero-order valence-electron chi connectivity index (χ0n) is 14.4. The smallest absolute Gasteiger partial charge is 0.324 e. The lowest BCUT2D eigenvalue weighted by molar-refractivity contribution is -0.116. The van der Waals surface area contributed by atoms with Crippen molar-refractivity contribution in [2.75, 3.05) is 29.9 Å². The van der Waals surface area contributed by atoms with Crippen molar-refractivity contribution < 1.29 is 14.0 Å². The number of halogens is 1. The molecule has 2 heterocycles. The number of urea groups is 1. The van der Waals surface area contributed by atoms with Gasteiger partial charge in [-0.05, 0) is 36.4 Å². The van der Waals surface area contributed by atoms with Crippen LogP contribution in [0.3, 0.4) is 0 Å². The zero-order chi connectivity index (χ0) is 18.8. The first-order valence-electron chi connectivity index (χ1n) is 8.58. The number of aromatic nitrogens is 1. The number of nitrogens with one attached hydrogen (secondary N) is 1. The van der Waals surface area contributed by atoms with Crippen LogP contribution in [-0.4, -0.2) is 41.5 Å². The van der Waals surface area contributed by atoms with Crippen molar-refractivity contribution in [2.45, 2.75) is 0 Å². The number of carbonyl (C=O) groups is 2. The Balaban J connectivity index is 1.46. The molecule has 0 aliphatic carbocycles. The number of anilines is 2. The molecule has 6 nitrogen and oxygen atoms in total. The normalized spacial score (nSPS) is 14.0. The van der Waals surface area contributed by atoms with Gasteiger partial charge >= 0.3 is 6.03 Å². The second kappa shape index (κ2) is 7.03. The Kier molecular flexibility index (Phi) is 4.42. The van der Waals surface area contributed by atoms with Crippen molar-refractivity contribution >= 4 is 34.2 Å². The minimum Gasteiger partial charge on any atom is -0.324 e. The van der Waals surface area contributed by atoms with Crippen LogP contribution in [0.2, 0.25) is 0 Å². The van der Waals surface area contributed by atoms with Crippen LogP contribution < -0.4 is 10.2 Å². The third-order valence-corrected chi connectivity index (χ3v) is 4.49. The molecule has 0 bridgehead atoms. The number of nitrogens with zero attached hydrogens (tertiary/aromatic N) is 3. The van der Waals surface area contributed by atoms with Crippen LogP contribution in [0.5, 0.6) is 0 Å². The fourth-order valence-corrected chi connectivity index (χ4v) is 3.20. The number of benzene rings is 2. The fourth-order valence-electron chi connectivity index (χ4n) is 3.20. The summed E-state index contributed by atoms with van der Waals surface area (Å²) >= 11 is 0. The van der Waals surface area contributed by atoms with E-state index in [0.717, 1.165) is 10.9 Å². The molecule has 2 aromatic carbocycles. The molecule has 1 aliphatic rings. The zero-order valence-corrected chi connectivity index (χ0v) is 14.4. The van der Waals surface area contributed by atoms with Crippen molar-refractivity contribution in [3.05, 3.63) is 66.6 Å². The van der Waals surface area contributed by atoms with Crippen LogP contribution in [0.15, 0.2) is 60.8 Å². The number of fused-ring (bicyclic) bond motifs is 1. The average Bonchev–Trinajstić information content (AvgIpc) is 3.03. The van der Waals surface area contributed by atoms with Crippen LogP contribution in [-0.2, 0) is 4.79 Å². The largest absolute Gasteiger partial charge is 0.325 e. The van der Waals surface area contributed by atoms with Gasteiger partial charge in [0.25, 0.3) is 0 Å². The van der Waals surface area contributed by atoms with Gasteiger partial charge < -0.3 is 10.2 Å². The monoisotopic (exact) mass is 364 g/mol. The summed E-state index contributed by atoms with van der Waals surface area (Å²) in [7, 11) is 0. The van der Waals surface area contributed by atoms with Gasteiger partial charge in [0.1, 0.15) is 12.4 Å². The van der Waals surface area contributed by atoms with Gasteiger partial charge in [-0.15, -0.1) is 0 Å². The second-order valence-electron chi connectivity index (χ2n) is 6.23. The third kappa shape index (κ3) is 3.31. The Bertz CT molecular complexity index is 1020. The maximum atomic E-state index is 13.9. The van der Waals surface area contributed by atoms with Gasteiger partial charge in [-0.1, -0.05) is 18.2 Å². The summed E-state index contributed by atoms with van der Waals surface area (Å²) in [5.74, 6) is -0.768. The van der Waals surface area contributed by atoms with Gasteiger partial charge in [-0.2, -0.15) is 0 Å². The van der Waals surface area contributed by atoms with Crippen molar-refractivity contribution in [1.82, 2.24) is 9.88 Å². The molecule has 4 rings (SSSR count). The van der Waals surface area contributed by atoms with Crippen LogP contribution in [0.1, 0.15) is 0 Å². The summed E-state index contributed by atoms with van der Waals surface area (Å²) in [5.41, 5.74) is 1.65. The summed E-state index contributed by atoms with van der Waals surface area (Å²) in [6.45, 7) is 0.601. The first-order chi connectivity index (χ1) is 13.1. The summed E-state index contributed by atoms with van der Waals surface area (Å²) in [6.07, 6.45) is 1.69. The number of amides is 3. The Morgan fingerprint density at radius 3 is 2.78 bits per heavy atom. The first-order valence-corrected chi connectivity index (χ1v) is 8.58. The summed E-state index contributed by atoms with van der Waals surface area (Å²) in [6, 6.07) is 14.9. The highest BCUT2D eigenvalue weighted by molar-refractivity contribution is 6.03. The van der Waals surface area contributed by atoms with Crippen LogP contribution in [0, 0.1) is 5.82 Å². The lowest BCUT2D eigenvalue weighted by Crippen LogP contribution is -2.37. The molecule has 1 aromatic heterocycles. The highest BCUT2D eigenvalue weighted by Crippen LogP contribution is 2.24. The van der Waals surface area contributed by atoms with E-state index >= 15 is 0 Å².